The van der Waals surface area contributed by atoms with Gasteiger partial charge in [0.2, 0.25) is 0 Å². The molecule has 1 fully saturated rings. The lowest BCUT2D eigenvalue weighted by Gasteiger charge is -2.46. The van der Waals surface area contributed by atoms with Crippen LogP contribution in [-0.4, -0.2) is 67.0 Å². The van der Waals surface area contributed by atoms with Crippen LogP contribution >= 0.6 is 0 Å². The molecule has 1 saturated heterocycles. The summed E-state index contributed by atoms with van der Waals surface area (Å²) < 4.78 is 40.0. The van der Waals surface area contributed by atoms with Gasteiger partial charge >= 0.3 is 0 Å². The molecule has 9 heteroatoms. The first kappa shape index (κ1) is 36.8. The summed E-state index contributed by atoms with van der Waals surface area (Å²) >= 11 is 0. The van der Waals surface area contributed by atoms with Crippen LogP contribution in [0.25, 0.3) is 10.9 Å². The van der Waals surface area contributed by atoms with Gasteiger partial charge in [-0.1, -0.05) is 84.9 Å². The molecule has 0 unspecified atom stereocenters. The molecule has 5 aromatic rings. The smallest absolute Gasteiger partial charge is 0.186 e. The van der Waals surface area contributed by atoms with Crippen LogP contribution in [0.1, 0.15) is 47.2 Å². The number of nitrogens with two attached hydrogens (primary N) is 1. The van der Waals surface area contributed by atoms with Crippen LogP contribution in [0.2, 0.25) is 0 Å². The van der Waals surface area contributed by atoms with Crippen molar-refractivity contribution in [3.05, 3.63) is 137 Å². The molecule has 6 rings (SSSR count). The quantitative estimate of drug-likeness (QED) is 0.0835. The van der Waals surface area contributed by atoms with E-state index in [1.54, 1.807) is 0 Å². The lowest BCUT2D eigenvalue weighted by Crippen LogP contribution is -2.61. The topological polar surface area (TPSA) is 110 Å². The van der Waals surface area contributed by atoms with E-state index in [1.807, 2.05) is 67.7 Å². The first-order valence-electron chi connectivity index (χ1n) is 18.1. The molecule has 270 valence electrons. The minimum absolute atomic E-state index is 0.318. The molecule has 3 aromatic carbocycles. The summed E-state index contributed by atoms with van der Waals surface area (Å²) in [4.78, 5) is 7.85. The number of aromatic nitrogens is 2. The fourth-order valence-electron chi connectivity index (χ4n) is 6.37. The summed E-state index contributed by atoms with van der Waals surface area (Å²) in [7, 11) is 0. The second-order valence-corrected chi connectivity index (χ2v) is 13.1. The summed E-state index contributed by atoms with van der Waals surface area (Å²) in [5.41, 5.74) is 12.0. The molecule has 0 radical (unpaired) electrons. The van der Waals surface area contributed by atoms with Gasteiger partial charge < -0.3 is 39.1 Å². The van der Waals surface area contributed by atoms with Crippen molar-refractivity contribution >= 4 is 10.9 Å². The van der Waals surface area contributed by atoms with Gasteiger partial charge in [0.15, 0.2) is 6.29 Å². The lowest BCUT2D eigenvalue weighted by atomic mass is 9.97. The van der Waals surface area contributed by atoms with Gasteiger partial charge in [0.25, 0.3) is 0 Å². The number of aromatic amines is 1. The van der Waals surface area contributed by atoms with Crippen molar-refractivity contribution in [2.24, 2.45) is 5.73 Å². The Balaban J connectivity index is 1.26. The highest BCUT2D eigenvalue weighted by molar-refractivity contribution is 5.83. The number of pyridine rings is 1. The molecule has 9 nitrogen and oxygen atoms in total. The zero-order valence-corrected chi connectivity index (χ0v) is 29.5. The molecule has 0 bridgehead atoms. The van der Waals surface area contributed by atoms with E-state index < -0.39 is 30.7 Å². The fourth-order valence-corrected chi connectivity index (χ4v) is 6.37. The third kappa shape index (κ3) is 10.8. The molecule has 3 N–H and O–H groups in total. The van der Waals surface area contributed by atoms with Gasteiger partial charge in [0.1, 0.15) is 24.4 Å². The van der Waals surface area contributed by atoms with E-state index in [2.05, 4.69) is 58.6 Å². The van der Waals surface area contributed by atoms with Crippen molar-refractivity contribution in [1.82, 2.24) is 9.97 Å². The molecule has 5 atom stereocenters. The zero-order valence-electron chi connectivity index (χ0n) is 29.5. The number of para-hydroxylation sites is 1. The molecule has 51 heavy (non-hydrogen) atoms. The molecular weight excluding hydrogens is 642 g/mol. The Morgan fingerprint density at radius 1 is 0.686 bits per heavy atom. The standard InChI is InChI=1S/C42H51N3O6/c1-31-19-20-34(25-44-31)29-48-39-38(30-46-23-12-4-11-22-43)51-42(47-24-21-35-26-45-37-18-10-9-17-36(35)37)41(50-28-33-15-7-3-8-16-33)40(39)49-27-32-13-5-2-6-14-32/h2-3,5-10,13-20,25-26,38-42,45H,4,11-12,21-24,27-30,43H2,1H3/t38-,39-,40+,41-,42-/m1/s1. The van der Waals surface area contributed by atoms with Gasteiger partial charge in [0.05, 0.1) is 33.0 Å². The first-order chi connectivity index (χ1) is 25.2. The van der Waals surface area contributed by atoms with Gasteiger partial charge in [-0.3, -0.25) is 4.98 Å². The summed E-state index contributed by atoms with van der Waals surface area (Å²) in [6.45, 7) is 5.06. The highest BCUT2D eigenvalue weighted by Crippen LogP contribution is 2.32. The Hall–Kier alpha value is -3.93. The highest BCUT2D eigenvalue weighted by atomic mass is 16.7. The van der Waals surface area contributed by atoms with Crippen molar-refractivity contribution in [2.45, 2.75) is 83.1 Å². The number of H-pyrrole nitrogens is 1. The minimum Gasteiger partial charge on any atom is -0.379 e. The number of aryl methyl sites for hydroxylation is 1. The average Bonchev–Trinajstić information content (AvgIpc) is 3.58. The van der Waals surface area contributed by atoms with Crippen molar-refractivity contribution in [3.63, 3.8) is 0 Å². The van der Waals surface area contributed by atoms with Gasteiger partial charge in [-0.15, -0.1) is 0 Å². The number of nitrogens with zero attached hydrogens (tertiary/aromatic N) is 1. The molecule has 0 spiro atoms. The first-order valence-corrected chi connectivity index (χ1v) is 18.1. The van der Waals surface area contributed by atoms with Crippen molar-refractivity contribution in [2.75, 3.05) is 26.4 Å². The Morgan fingerprint density at radius 2 is 1.37 bits per heavy atom. The van der Waals surface area contributed by atoms with E-state index in [0.29, 0.717) is 52.6 Å². The predicted octanol–water partition coefficient (Wildman–Crippen LogP) is 7.06. The normalized spacial score (nSPS) is 20.5. The van der Waals surface area contributed by atoms with Crippen molar-refractivity contribution < 1.29 is 28.4 Å². The third-order valence-corrected chi connectivity index (χ3v) is 9.18. The second kappa shape index (κ2) is 19.6. The molecular formula is C42H51N3O6. The molecule has 0 amide bonds. The van der Waals surface area contributed by atoms with Gasteiger partial charge in [0, 0.05) is 35.6 Å². The SMILES string of the molecule is Cc1ccc(CO[C@H]2[C@H](OCc3ccccc3)[C@@H](OCc3ccccc3)[C@H](OCCc3c[nH]c4ccccc34)O[C@@H]2COCCCCCN)cn1. The maximum atomic E-state index is 6.82. The van der Waals surface area contributed by atoms with Crippen LogP contribution in [0.5, 0.6) is 0 Å². The predicted molar refractivity (Wildman–Crippen MR) is 198 cm³/mol. The lowest BCUT2D eigenvalue weighted by molar-refractivity contribution is -0.328. The number of nitrogens with one attached hydrogen (secondary N) is 1. The molecule has 1 aliphatic rings. The van der Waals surface area contributed by atoms with E-state index in [-0.39, 0.29) is 0 Å². The minimum atomic E-state index is -0.730. The van der Waals surface area contributed by atoms with Crippen molar-refractivity contribution in [1.29, 1.82) is 0 Å². The number of hydrogen-bond acceptors (Lipinski definition) is 8. The number of unbranched alkanes of at least 4 members (excludes halogenated alkanes) is 2. The van der Waals surface area contributed by atoms with Crippen LogP contribution in [0.15, 0.2) is 109 Å². The maximum Gasteiger partial charge on any atom is 0.186 e. The maximum absolute atomic E-state index is 6.82. The number of hydrogen-bond donors (Lipinski definition) is 2. The Morgan fingerprint density at radius 3 is 2.10 bits per heavy atom. The Labute approximate surface area is 301 Å². The fraction of sp³-hybridized carbons (Fsp3) is 0.405. The number of ether oxygens (including phenoxy) is 6. The van der Waals surface area contributed by atoms with Crippen molar-refractivity contribution in [3.8, 4) is 0 Å². The summed E-state index contributed by atoms with van der Waals surface area (Å²) in [5, 5.41) is 1.19. The van der Waals surface area contributed by atoms with Crippen LogP contribution in [0.4, 0.5) is 0 Å². The largest absolute Gasteiger partial charge is 0.379 e. The molecule has 2 aromatic heterocycles. The molecule has 0 saturated carbocycles. The molecule has 3 heterocycles. The van der Waals surface area contributed by atoms with Crippen LogP contribution in [0.3, 0.4) is 0 Å². The van der Waals surface area contributed by atoms with Crippen LogP contribution in [0, 0.1) is 6.92 Å². The summed E-state index contributed by atoms with van der Waals surface area (Å²) in [5.74, 6) is 0. The summed E-state index contributed by atoms with van der Waals surface area (Å²) in [6.07, 6.45) is 4.65. The Bertz CT molecular complexity index is 1700. The van der Waals surface area contributed by atoms with Crippen LogP contribution in [-0.2, 0) is 54.7 Å². The van der Waals surface area contributed by atoms with Crippen LogP contribution < -0.4 is 5.73 Å². The van der Waals surface area contributed by atoms with E-state index in [1.165, 1.54) is 10.9 Å². The number of fused-ring (bicyclic) bond motifs is 1. The van der Waals surface area contributed by atoms with E-state index in [9.17, 15) is 0 Å². The number of rotatable bonds is 20. The highest BCUT2D eigenvalue weighted by Gasteiger charge is 2.49. The zero-order chi connectivity index (χ0) is 35.1. The monoisotopic (exact) mass is 693 g/mol. The van der Waals surface area contributed by atoms with E-state index in [4.69, 9.17) is 34.2 Å². The summed E-state index contributed by atoms with van der Waals surface area (Å²) in [6, 6.07) is 32.6. The van der Waals surface area contributed by atoms with Gasteiger partial charge in [-0.25, -0.2) is 0 Å². The third-order valence-electron chi connectivity index (χ3n) is 9.18. The average molecular weight is 694 g/mol. The van der Waals surface area contributed by atoms with E-state index in [0.717, 1.165) is 47.2 Å². The van der Waals surface area contributed by atoms with Gasteiger partial charge in [-0.2, -0.15) is 0 Å². The molecule has 1 aliphatic heterocycles. The second-order valence-electron chi connectivity index (χ2n) is 13.1. The molecule has 0 aliphatic carbocycles. The number of benzene rings is 3. The Kier molecular flexibility index (Phi) is 14.2. The van der Waals surface area contributed by atoms with E-state index >= 15 is 0 Å². The van der Waals surface area contributed by atoms with Gasteiger partial charge in [-0.05, 0) is 73.5 Å².